The zero-order valence-corrected chi connectivity index (χ0v) is 11.1. The van der Waals surface area contributed by atoms with Gasteiger partial charge in [0.15, 0.2) is 12.4 Å². The number of pyridine rings is 1. The first-order chi connectivity index (χ1) is 9.97. The normalized spacial score (nSPS) is 14.1. The maximum absolute atomic E-state index is 9.75. The van der Waals surface area contributed by atoms with E-state index >= 15 is 0 Å². The number of aromatic nitrogens is 1. The van der Waals surface area contributed by atoms with Gasteiger partial charge in [0.1, 0.15) is 6.21 Å². The maximum Gasteiger partial charge on any atom is 0.673 e. The third-order valence-electron chi connectivity index (χ3n) is 1.89. The van der Waals surface area contributed by atoms with Gasteiger partial charge in [0.2, 0.25) is 0 Å². The molecule has 0 radical (unpaired) electrons. The highest BCUT2D eigenvalue weighted by Crippen LogP contribution is 2.07. The van der Waals surface area contributed by atoms with Crippen LogP contribution in [0.2, 0.25) is 0 Å². The summed E-state index contributed by atoms with van der Waals surface area (Å²) in [6.45, 7) is 0. The van der Waals surface area contributed by atoms with Gasteiger partial charge in [0, 0.05) is 18.6 Å². The molecule has 0 spiro atoms. The highest BCUT2D eigenvalue weighted by molar-refractivity contribution is 6.50. The molecule has 1 aliphatic heterocycles. The van der Waals surface area contributed by atoms with E-state index in [2.05, 4.69) is 21.9 Å². The van der Waals surface area contributed by atoms with Crippen LogP contribution >= 0.6 is 0 Å². The fraction of sp³-hybridized carbons (Fsp3) is 0.200. The number of hydrogen-bond donors (Lipinski definition) is 1. The minimum atomic E-state index is -6.00. The molecule has 1 aromatic rings. The zero-order chi connectivity index (χ0) is 17.2. The van der Waals surface area contributed by atoms with Crippen LogP contribution in [-0.2, 0) is 0 Å². The van der Waals surface area contributed by atoms with Crippen molar-refractivity contribution in [2.45, 2.75) is 12.8 Å². The van der Waals surface area contributed by atoms with Gasteiger partial charge >= 0.3 is 20.3 Å². The monoisotopic (exact) mass is 334 g/mol. The minimum absolute atomic E-state index is 1.12. The molecule has 1 aliphatic rings. The summed E-state index contributed by atoms with van der Waals surface area (Å²) in [6.07, 6.45) is 10.6. The summed E-state index contributed by atoms with van der Waals surface area (Å²) in [5.74, 6) is 1.15. The molecule has 124 valence electrons. The number of nitrogens with one attached hydrogen (secondary N) is 1. The molecule has 0 aliphatic carbocycles. The third-order valence-corrected chi connectivity index (χ3v) is 1.89. The Balaban J connectivity index is 0.000000372. The molecule has 2 rings (SSSR count). The summed E-state index contributed by atoms with van der Waals surface area (Å²) in [7, 11) is -12.0. The Morgan fingerprint density at radius 1 is 0.773 bits per heavy atom. The van der Waals surface area contributed by atoms with E-state index in [0.29, 0.717) is 0 Å². The molecule has 0 fully saturated rings. The predicted octanol–water partition coefficient (Wildman–Crippen LogP) is 2.32. The highest BCUT2D eigenvalue weighted by atomic mass is 19.5. The van der Waals surface area contributed by atoms with Gasteiger partial charge in [-0.15, -0.1) is 4.57 Å². The molecule has 0 bridgehead atoms. The first-order valence-electron chi connectivity index (χ1n) is 5.96. The quantitative estimate of drug-likeness (QED) is 0.462. The molecule has 0 aromatic carbocycles. The topological polar surface area (TPSA) is 17.9 Å². The number of allylic oxidation sites excluding steroid dienone is 1. The lowest BCUT2D eigenvalue weighted by Gasteiger charge is -1.94. The molecule has 0 atom stereocenters. The van der Waals surface area contributed by atoms with Gasteiger partial charge in [-0.3, -0.25) is 0 Å². The van der Waals surface area contributed by atoms with Crippen molar-refractivity contribution in [2.75, 3.05) is 0 Å². The van der Waals surface area contributed by atoms with Crippen LogP contribution in [0.5, 0.6) is 0 Å². The molecule has 12 heteroatoms. The fourth-order valence-electron chi connectivity index (χ4n) is 1.28. The summed E-state index contributed by atoms with van der Waals surface area (Å²) in [5.41, 5.74) is 0. The predicted molar refractivity (Wildman–Crippen MR) is 67.5 cm³/mol. The Bertz CT molecular complexity index is 460. The Hall–Kier alpha value is -1.87. The van der Waals surface area contributed by atoms with Crippen molar-refractivity contribution in [3.05, 3.63) is 36.7 Å². The number of nitrogens with zero attached hydrogens (tertiary/aromatic N) is 1. The van der Waals surface area contributed by atoms with Gasteiger partial charge in [0.05, 0.1) is 6.08 Å². The molecule has 2 heterocycles. The molecule has 0 amide bonds. The highest BCUT2D eigenvalue weighted by Gasteiger charge is 2.21. The molecule has 0 saturated heterocycles. The lowest BCUT2D eigenvalue weighted by molar-refractivity contribution is -0.669. The van der Waals surface area contributed by atoms with Crippen molar-refractivity contribution >= 4 is 26.5 Å². The third kappa shape index (κ3) is 16.2. The summed E-state index contributed by atoms with van der Waals surface area (Å²) in [6, 6.07) is 6.07. The van der Waals surface area contributed by atoms with Crippen LogP contribution in [0.1, 0.15) is 12.8 Å². The van der Waals surface area contributed by atoms with E-state index in [1.807, 2.05) is 30.6 Å². The Morgan fingerprint density at radius 2 is 1.23 bits per heavy atom. The van der Waals surface area contributed by atoms with Crippen molar-refractivity contribution in [3.8, 4) is 0 Å². The van der Waals surface area contributed by atoms with E-state index in [1.165, 1.54) is 0 Å². The molecule has 22 heavy (non-hydrogen) atoms. The van der Waals surface area contributed by atoms with Gasteiger partial charge in [-0.2, -0.15) is 4.99 Å². The average Bonchev–Trinajstić information content (AvgIpc) is 2.37. The number of hydrogen-bond acceptors (Lipinski definition) is 0. The lowest BCUT2D eigenvalue weighted by Crippen LogP contribution is -2.73. The Labute approximate surface area is 121 Å². The molecule has 1 aromatic heterocycles. The second-order valence-electron chi connectivity index (χ2n) is 3.79. The van der Waals surface area contributed by atoms with E-state index in [4.69, 9.17) is 0 Å². The summed E-state index contributed by atoms with van der Waals surface area (Å²) < 4.78 is 80.1. The van der Waals surface area contributed by atoms with E-state index in [9.17, 15) is 34.5 Å². The second-order valence-corrected chi connectivity index (χ2v) is 3.79. The van der Waals surface area contributed by atoms with Crippen LogP contribution < -0.4 is 9.56 Å². The second kappa shape index (κ2) is 9.21. The van der Waals surface area contributed by atoms with Gasteiger partial charge in [-0.25, -0.2) is 0 Å². The SMILES string of the molecule is C1=[NH+]C([n+]2ccccc2)=CCC1.F[B-](F)(F)F.F[B-](F)(F)F. The summed E-state index contributed by atoms with van der Waals surface area (Å²) in [4.78, 5) is 3.23. The molecule has 1 N–H and O–H groups in total. The van der Waals surface area contributed by atoms with Gasteiger partial charge in [-0.05, 0) is 6.42 Å². The fourth-order valence-corrected chi connectivity index (χ4v) is 1.28. The van der Waals surface area contributed by atoms with Gasteiger partial charge in [-0.1, -0.05) is 6.07 Å². The van der Waals surface area contributed by atoms with Crippen molar-refractivity contribution in [3.63, 3.8) is 0 Å². The molecular formula is C10H12B2F8N2. The van der Waals surface area contributed by atoms with Crippen molar-refractivity contribution in [2.24, 2.45) is 0 Å². The zero-order valence-electron chi connectivity index (χ0n) is 11.1. The molecule has 0 saturated carbocycles. The molecular weight excluding hydrogens is 322 g/mol. The molecule has 2 nitrogen and oxygen atoms in total. The first kappa shape index (κ1) is 20.1. The van der Waals surface area contributed by atoms with Crippen LogP contribution in [0.25, 0.3) is 5.82 Å². The average molecular weight is 334 g/mol. The molecule has 0 unspecified atom stereocenters. The van der Waals surface area contributed by atoms with Crippen molar-refractivity contribution in [1.29, 1.82) is 0 Å². The van der Waals surface area contributed by atoms with Gasteiger partial charge in [0.25, 0.3) is 0 Å². The maximum atomic E-state index is 9.75. The summed E-state index contributed by atoms with van der Waals surface area (Å²) in [5, 5.41) is 0. The van der Waals surface area contributed by atoms with E-state index in [-0.39, 0.29) is 0 Å². The van der Waals surface area contributed by atoms with Gasteiger partial charge < -0.3 is 34.5 Å². The van der Waals surface area contributed by atoms with Crippen LogP contribution in [0, 0.1) is 0 Å². The smallest absolute Gasteiger partial charge is 0.418 e. The van der Waals surface area contributed by atoms with E-state index < -0.39 is 14.5 Å². The van der Waals surface area contributed by atoms with E-state index in [0.717, 1.165) is 18.7 Å². The van der Waals surface area contributed by atoms with Crippen LogP contribution in [0.3, 0.4) is 0 Å². The minimum Gasteiger partial charge on any atom is -0.418 e. The van der Waals surface area contributed by atoms with Crippen LogP contribution in [0.4, 0.5) is 34.5 Å². The first-order valence-corrected chi connectivity index (χ1v) is 5.96. The number of halogens is 8. The standard InChI is InChI=1S/C10H11N2.2BF4/c1-4-8-12(9-5-1)10-6-2-3-7-11-10;2*2-1(3,4)5/h1,4-9H,2-3H2;;/q+1;2*-1/p+1. The van der Waals surface area contributed by atoms with Crippen molar-refractivity contribution < 1.29 is 44.1 Å². The van der Waals surface area contributed by atoms with Crippen molar-refractivity contribution in [1.82, 2.24) is 0 Å². The number of rotatable bonds is 1. The largest absolute Gasteiger partial charge is 0.673 e. The lowest BCUT2D eigenvalue weighted by atomic mass is 10.3. The van der Waals surface area contributed by atoms with Crippen LogP contribution in [-0.4, -0.2) is 20.7 Å². The van der Waals surface area contributed by atoms with Crippen LogP contribution in [0.15, 0.2) is 36.7 Å². The Morgan fingerprint density at radius 3 is 1.59 bits per heavy atom. The van der Waals surface area contributed by atoms with E-state index in [1.54, 1.807) is 0 Å². The Kier molecular flexibility index (Phi) is 8.43. The summed E-state index contributed by atoms with van der Waals surface area (Å²) >= 11 is 0.